The summed E-state index contributed by atoms with van der Waals surface area (Å²) < 4.78 is 0. The molecule has 1 aromatic carbocycles. The van der Waals surface area contributed by atoms with Crippen LogP contribution >= 0.6 is 0 Å². The fraction of sp³-hybridized carbons (Fsp3) is 0.476. The van der Waals surface area contributed by atoms with Crippen molar-refractivity contribution in [2.24, 2.45) is 0 Å². The highest BCUT2D eigenvalue weighted by Gasteiger charge is 2.23. The fourth-order valence-corrected chi connectivity index (χ4v) is 3.89. The Kier molecular flexibility index (Phi) is 5.32. The SMILES string of the molecule is CC(=O)N1CCN(c2cc(C)nc(N3CCN(c4ccccc4)CC3)n2)CC1. The third-order valence-electron chi connectivity index (χ3n) is 5.56. The third kappa shape index (κ3) is 4.03. The lowest BCUT2D eigenvalue weighted by molar-refractivity contribution is -0.129. The molecule has 0 saturated carbocycles. The average Bonchev–Trinajstić information content (AvgIpc) is 2.74. The second kappa shape index (κ2) is 8.04. The summed E-state index contributed by atoms with van der Waals surface area (Å²) in [4.78, 5) is 30.0. The van der Waals surface area contributed by atoms with E-state index in [1.807, 2.05) is 17.9 Å². The summed E-state index contributed by atoms with van der Waals surface area (Å²) in [7, 11) is 0. The van der Waals surface area contributed by atoms with Crippen LogP contribution < -0.4 is 14.7 Å². The van der Waals surface area contributed by atoms with Gasteiger partial charge in [0.05, 0.1) is 0 Å². The number of carbonyl (C=O) groups is 1. The van der Waals surface area contributed by atoms with E-state index in [1.54, 1.807) is 6.92 Å². The number of hydrogen-bond acceptors (Lipinski definition) is 6. The highest BCUT2D eigenvalue weighted by Crippen LogP contribution is 2.22. The molecule has 0 radical (unpaired) electrons. The number of piperazine rings is 2. The van der Waals surface area contributed by atoms with Crippen LogP contribution in [0.5, 0.6) is 0 Å². The van der Waals surface area contributed by atoms with Gasteiger partial charge in [0.25, 0.3) is 0 Å². The van der Waals surface area contributed by atoms with Crippen LogP contribution in [0.25, 0.3) is 0 Å². The van der Waals surface area contributed by atoms with Crippen molar-refractivity contribution in [3.63, 3.8) is 0 Å². The number of hydrogen-bond donors (Lipinski definition) is 0. The molecule has 7 heteroatoms. The maximum atomic E-state index is 11.6. The Bertz CT molecular complexity index is 811. The Balaban J connectivity index is 1.43. The molecule has 2 aromatic rings. The van der Waals surface area contributed by atoms with E-state index in [0.29, 0.717) is 0 Å². The van der Waals surface area contributed by atoms with E-state index < -0.39 is 0 Å². The smallest absolute Gasteiger partial charge is 0.227 e. The molecule has 2 fully saturated rings. The number of anilines is 3. The first kappa shape index (κ1) is 18.5. The highest BCUT2D eigenvalue weighted by atomic mass is 16.2. The minimum atomic E-state index is 0.149. The minimum absolute atomic E-state index is 0.149. The third-order valence-corrected chi connectivity index (χ3v) is 5.56. The molecule has 7 nitrogen and oxygen atoms in total. The first-order valence-corrected chi connectivity index (χ1v) is 10.0. The molecule has 2 aliphatic heterocycles. The van der Waals surface area contributed by atoms with Crippen LogP contribution in [0.2, 0.25) is 0 Å². The molecular formula is C21H28N6O. The van der Waals surface area contributed by atoms with Crippen molar-refractivity contribution in [2.45, 2.75) is 13.8 Å². The summed E-state index contributed by atoms with van der Waals surface area (Å²) in [6.07, 6.45) is 0. The summed E-state index contributed by atoms with van der Waals surface area (Å²) in [5.41, 5.74) is 2.26. The number of aromatic nitrogens is 2. The predicted molar refractivity (Wildman–Crippen MR) is 112 cm³/mol. The van der Waals surface area contributed by atoms with Crippen LogP contribution in [0.15, 0.2) is 36.4 Å². The van der Waals surface area contributed by atoms with E-state index in [4.69, 9.17) is 9.97 Å². The molecule has 0 N–H and O–H groups in total. The van der Waals surface area contributed by atoms with Gasteiger partial charge in [-0.05, 0) is 19.1 Å². The largest absolute Gasteiger partial charge is 0.368 e. The van der Waals surface area contributed by atoms with Crippen LogP contribution in [-0.4, -0.2) is 73.1 Å². The van der Waals surface area contributed by atoms with Gasteiger partial charge in [-0.25, -0.2) is 4.98 Å². The number of amides is 1. The Morgan fingerprint density at radius 3 is 2.07 bits per heavy atom. The van der Waals surface area contributed by atoms with Gasteiger partial charge in [-0.2, -0.15) is 4.98 Å². The normalized spacial score (nSPS) is 17.8. The fourth-order valence-electron chi connectivity index (χ4n) is 3.89. The van der Waals surface area contributed by atoms with E-state index >= 15 is 0 Å². The summed E-state index contributed by atoms with van der Waals surface area (Å²) in [6, 6.07) is 12.6. The first-order chi connectivity index (χ1) is 13.6. The molecule has 1 aromatic heterocycles. The molecule has 2 aliphatic rings. The molecule has 4 rings (SSSR count). The Morgan fingerprint density at radius 1 is 0.821 bits per heavy atom. The highest BCUT2D eigenvalue weighted by molar-refractivity contribution is 5.73. The zero-order chi connectivity index (χ0) is 19.5. The summed E-state index contributed by atoms with van der Waals surface area (Å²) >= 11 is 0. The summed E-state index contributed by atoms with van der Waals surface area (Å²) in [5.74, 6) is 1.93. The van der Waals surface area contributed by atoms with Gasteiger partial charge in [-0.1, -0.05) is 18.2 Å². The molecule has 3 heterocycles. The van der Waals surface area contributed by atoms with Gasteiger partial charge in [0.1, 0.15) is 5.82 Å². The molecule has 0 unspecified atom stereocenters. The van der Waals surface area contributed by atoms with Gasteiger partial charge in [0.2, 0.25) is 11.9 Å². The van der Waals surface area contributed by atoms with Gasteiger partial charge in [-0.15, -0.1) is 0 Å². The first-order valence-electron chi connectivity index (χ1n) is 10.0. The predicted octanol–water partition coefficient (Wildman–Crippen LogP) is 1.78. The zero-order valence-corrected chi connectivity index (χ0v) is 16.7. The topological polar surface area (TPSA) is 55.8 Å². The van der Waals surface area contributed by atoms with Gasteiger partial charge in [0.15, 0.2) is 0 Å². The van der Waals surface area contributed by atoms with Crippen molar-refractivity contribution in [2.75, 3.05) is 67.1 Å². The minimum Gasteiger partial charge on any atom is -0.368 e. The number of aryl methyl sites for hydroxylation is 1. The maximum absolute atomic E-state index is 11.6. The van der Waals surface area contributed by atoms with Gasteiger partial charge >= 0.3 is 0 Å². The zero-order valence-electron chi connectivity index (χ0n) is 16.7. The molecule has 1 amide bonds. The molecule has 148 valence electrons. The van der Waals surface area contributed by atoms with E-state index in [2.05, 4.69) is 45.0 Å². The molecular weight excluding hydrogens is 352 g/mol. The van der Waals surface area contributed by atoms with Crippen molar-refractivity contribution in [3.8, 4) is 0 Å². The van der Waals surface area contributed by atoms with Crippen molar-refractivity contribution in [1.82, 2.24) is 14.9 Å². The Morgan fingerprint density at radius 2 is 1.43 bits per heavy atom. The standard InChI is InChI=1S/C21H28N6O/c1-17-16-20(26-12-8-24(9-13-26)18(2)28)23-21(22-17)27-14-10-25(11-15-27)19-6-4-3-5-7-19/h3-7,16H,8-15H2,1-2H3. The van der Waals surface area contributed by atoms with E-state index in [9.17, 15) is 4.79 Å². The number of benzene rings is 1. The van der Waals surface area contributed by atoms with Gasteiger partial charge in [0, 0.05) is 76.7 Å². The molecule has 28 heavy (non-hydrogen) atoms. The lowest BCUT2D eigenvalue weighted by atomic mass is 10.2. The van der Waals surface area contributed by atoms with E-state index in [-0.39, 0.29) is 5.91 Å². The van der Waals surface area contributed by atoms with Crippen LogP contribution in [0.4, 0.5) is 17.5 Å². The van der Waals surface area contributed by atoms with E-state index in [1.165, 1.54) is 5.69 Å². The summed E-state index contributed by atoms with van der Waals surface area (Å²) in [5, 5.41) is 0. The van der Waals surface area contributed by atoms with Crippen molar-refractivity contribution in [3.05, 3.63) is 42.1 Å². The second-order valence-corrected chi connectivity index (χ2v) is 7.47. The Hall–Kier alpha value is -2.83. The van der Waals surface area contributed by atoms with Gasteiger partial charge < -0.3 is 19.6 Å². The summed E-state index contributed by atoms with van der Waals surface area (Å²) in [6.45, 7) is 10.6. The quantitative estimate of drug-likeness (QED) is 0.809. The van der Waals surface area contributed by atoms with Crippen molar-refractivity contribution < 1.29 is 4.79 Å². The molecule has 2 saturated heterocycles. The molecule has 0 aliphatic carbocycles. The van der Waals surface area contributed by atoms with Crippen LogP contribution in [0.3, 0.4) is 0 Å². The monoisotopic (exact) mass is 380 g/mol. The van der Waals surface area contributed by atoms with Crippen molar-refractivity contribution >= 4 is 23.4 Å². The lowest BCUT2D eigenvalue weighted by Gasteiger charge is -2.37. The molecule has 0 atom stereocenters. The molecule has 0 spiro atoms. The number of nitrogens with zero attached hydrogens (tertiary/aromatic N) is 6. The van der Waals surface area contributed by atoms with Crippen LogP contribution in [-0.2, 0) is 4.79 Å². The van der Waals surface area contributed by atoms with Crippen molar-refractivity contribution in [1.29, 1.82) is 0 Å². The maximum Gasteiger partial charge on any atom is 0.227 e. The average molecular weight is 380 g/mol. The number of rotatable bonds is 3. The Labute approximate surface area is 166 Å². The van der Waals surface area contributed by atoms with Crippen LogP contribution in [0, 0.1) is 6.92 Å². The number of carbonyl (C=O) groups excluding carboxylic acids is 1. The number of para-hydroxylation sites is 1. The van der Waals surface area contributed by atoms with E-state index in [0.717, 1.165) is 69.8 Å². The van der Waals surface area contributed by atoms with Crippen LogP contribution in [0.1, 0.15) is 12.6 Å². The molecule has 0 bridgehead atoms. The van der Waals surface area contributed by atoms with Gasteiger partial charge in [-0.3, -0.25) is 4.79 Å². The lowest BCUT2D eigenvalue weighted by Crippen LogP contribution is -2.49. The second-order valence-electron chi connectivity index (χ2n) is 7.47.